The summed E-state index contributed by atoms with van der Waals surface area (Å²) in [4.78, 5) is 14.7. The second-order valence-electron chi connectivity index (χ2n) is 5.80. The van der Waals surface area contributed by atoms with Crippen LogP contribution >= 0.6 is 11.6 Å². The number of hydrogen-bond acceptors (Lipinski definition) is 4. The highest BCUT2D eigenvalue weighted by Gasteiger charge is 2.24. The Hall–Kier alpha value is -2.40. The van der Waals surface area contributed by atoms with Gasteiger partial charge in [0, 0.05) is 18.7 Å². The molecule has 25 heavy (non-hydrogen) atoms. The molecule has 1 heterocycles. The predicted octanol–water partition coefficient (Wildman–Crippen LogP) is 3.56. The molecule has 0 aromatic heterocycles. The van der Waals surface area contributed by atoms with Crippen LogP contribution in [0.25, 0.3) is 0 Å². The highest BCUT2D eigenvalue weighted by molar-refractivity contribution is 6.32. The number of benzene rings is 2. The second-order valence-corrected chi connectivity index (χ2v) is 6.21. The third-order valence-corrected chi connectivity index (χ3v) is 4.67. The summed E-state index contributed by atoms with van der Waals surface area (Å²) in [5.74, 6) is 1.57. The molecule has 0 saturated heterocycles. The zero-order valence-electron chi connectivity index (χ0n) is 14.5. The Morgan fingerprint density at radius 1 is 1.04 bits per heavy atom. The first-order valence-electron chi connectivity index (χ1n) is 7.94. The maximum atomic E-state index is 12.9. The lowest BCUT2D eigenvalue weighted by Gasteiger charge is -2.29. The van der Waals surface area contributed by atoms with Crippen LogP contribution in [0.5, 0.6) is 17.2 Å². The number of rotatable bonds is 4. The van der Waals surface area contributed by atoms with Gasteiger partial charge in [0.2, 0.25) is 0 Å². The molecule has 2 aromatic carbocycles. The number of methoxy groups -OCH3 is 3. The van der Waals surface area contributed by atoms with Crippen molar-refractivity contribution in [2.24, 2.45) is 0 Å². The molecule has 0 spiro atoms. The molecule has 0 aliphatic carbocycles. The first-order valence-corrected chi connectivity index (χ1v) is 8.31. The molecular weight excluding hydrogens is 342 g/mol. The molecule has 1 aliphatic heterocycles. The number of hydrogen-bond donors (Lipinski definition) is 0. The average molecular weight is 362 g/mol. The Bertz CT molecular complexity index is 806. The van der Waals surface area contributed by atoms with Crippen LogP contribution in [0.4, 0.5) is 0 Å². The lowest BCUT2D eigenvalue weighted by Crippen LogP contribution is -2.36. The van der Waals surface area contributed by atoms with Gasteiger partial charge in [0.1, 0.15) is 5.75 Å². The highest BCUT2D eigenvalue weighted by atomic mass is 35.5. The van der Waals surface area contributed by atoms with E-state index in [0.29, 0.717) is 35.2 Å². The van der Waals surface area contributed by atoms with Crippen LogP contribution in [0.15, 0.2) is 30.3 Å². The van der Waals surface area contributed by atoms with Crippen LogP contribution < -0.4 is 14.2 Å². The van der Waals surface area contributed by atoms with E-state index in [9.17, 15) is 4.79 Å². The predicted molar refractivity (Wildman–Crippen MR) is 96.0 cm³/mol. The van der Waals surface area contributed by atoms with Gasteiger partial charge >= 0.3 is 0 Å². The number of amides is 1. The zero-order valence-corrected chi connectivity index (χ0v) is 15.2. The molecule has 3 rings (SSSR count). The van der Waals surface area contributed by atoms with Gasteiger partial charge in [-0.15, -0.1) is 0 Å². The maximum absolute atomic E-state index is 12.9. The monoisotopic (exact) mass is 361 g/mol. The Morgan fingerprint density at radius 3 is 2.52 bits per heavy atom. The largest absolute Gasteiger partial charge is 0.497 e. The molecule has 1 amide bonds. The topological polar surface area (TPSA) is 48.0 Å². The van der Waals surface area contributed by atoms with Gasteiger partial charge in [-0.3, -0.25) is 4.79 Å². The van der Waals surface area contributed by atoms with Crippen molar-refractivity contribution < 1.29 is 19.0 Å². The fourth-order valence-corrected chi connectivity index (χ4v) is 3.35. The van der Waals surface area contributed by atoms with Crippen LogP contribution in [-0.2, 0) is 13.0 Å². The van der Waals surface area contributed by atoms with E-state index < -0.39 is 0 Å². The van der Waals surface area contributed by atoms with Crippen molar-refractivity contribution in [1.82, 2.24) is 4.90 Å². The lowest BCUT2D eigenvalue weighted by molar-refractivity contribution is 0.0734. The number of carbonyl (C=O) groups excluding carboxylic acids is 1. The Morgan fingerprint density at radius 2 is 1.84 bits per heavy atom. The summed E-state index contributed by atoms with van der Waals surface area (Å²) in [7, 11) is 4.67. The van der Waals surface area contributed by atoms with Gasteiger partial charge in [-0.2, -0.15) is 0 Å². The number of halogens is 1. The summed E-state index contributed by atoms with van der Waals surface area (Å²) in [5.41, 5.74) is 2.83. The van der Waals surface area contributed by atoms with Crippen LogP contribution in [0, 0.1) is 0 Å². The average Bonchev–Trinajstić information content (AvgIpc) is 2.65. The minimum absolute atomic E-state index is 0.0867. The summed E-state index contributed by atoms with van der Waals surface area (Å²) >= 11 is 6.22. The summed E-state index contributed by atoms with van der Waals surface area (Å²) in [6.45, 7) is 1.20. The number of carbonyl (C=O) groups is 1. The van der Waals surface area contributed by atoms with Gasteiger partial charge in [-0.1, -0.05) is 17.7 Å². The molecule has 0 unspecified atom stereocenters. The van der Waals surface area contributed by atoms with Crippen LogP contribution in [0.3, 0.4) is 0 Å². The minimum atomic E-state index is -0.0867. The third-order valence-electron chi connectivity index (χ3n) is 4.39. The molecule has 6 heteroatoms. The molecule has 1 aliphatic rings. The molecule has 2 aromatic rings. The fourth-order valence-electron chi connectivity index (χ4n) is 3.06. The van der Waals surface area contributed by atoms with Crippen molar-refractivity contribution in [3.63, 3.8) is 0 Å². The fraction of sp³-hybridized carbons (Fsp3) is 0.316. The number of nitrogens with zero attached hydrogens (tertiary/aromatic N) is 1. The van der Waals surface area contributed by atoms with E-state index in [4.69, 9.17) is 25.8 Å². The van der Waals surface area contributed by atoms with Crippen molar-refractivity contribution >= 4 is 17.5 Å². The van der Waals surface area contributed by atoms with Crippen molar-refractivity contribution in [2.75, 3.05) is 27.9 Å². The maximum Gasteiger partial charge on any atom is 0.254 e. The smallest absolute Gasteiger partial charge is 0.254 e. The molecule has 0 radical (unpaired) electrons. The third kappa shape index (κ3) is 3.37. The number of ether oxygens (including phenoxy) is 3. The van der Waals surface area contributed by atoms with Gasteiger partial charge in [0.05, 0.1) is 26.4 Å². The molecule has 0 atom stereocenters. The van der Waals surface area contributed by atoms with Gasteiger partial charge in [-0.05, 0) is 41.8 Å². The molecule has 0 fully saturated rings. The van der Waals surface area contributed by atoms with E-state index in [1.54, 1.807) is 24.1 Å². The van der Waals surface area contributed by atoms with E-state index in [1.807, 2.05) is 12.1 Å². The highest BCUT2D eigenvalue weighted by Crippen LogP contribution is 2.36. The van der Waals surface area contributed by atoms with Crippen LogP contribution in [0.1, 0.15) is 21.5 Å². The molecular formula is C19H20ClNO4. The van der Waals surface area contributed by atoms with Gasteiger partial charge in [0.15, 0.2) is 11.5 Å². The number of fused-ring (bicyclic) bond motifs is 1. The first kappa shape index (κ1) is 17.4. The first-order chi connectivity index (χ1) is 12.1. The summed E-state index contributed by atoms with van der Waals surface area (Å²) in [6, 6.07) is 9.27. The van der Waals surface area contributed by atoms with Crippen molar-refractivity contribution in [2.45, 2.75) is 13.0 Å². The SMILES string of the molecule is COc1ccc2c(c1)CN(C(=O)c1cc(Cl)c(OC)c(OC)c1)CC2. The molecule has 5 nitrogen and oxygen atoms in total. The standard InChI is InChI=1S/C19H20ClNO4/c1-23-15-5-4-12-6-7-21(11-14(12)8-15)19(22)13-9-16(20)18(25-3)17(10-13)24-2/h4-5,8-10H,6-7,11H2,1-3H3. The lowest BCUT2D eigenvalue weighted by atomic mass is 9.98. The Labute approximate surface area is 152 Å². The summed E-state index contributed by atoms with van der Waals surface area (Å²) in [6.07, 6.45) is 0.812. The van der Waals surface area contributed by atoms with E-state index >= 15 is 0 Å². The second kappa shape index (κ2) is 7.23. The quantitative estimate of drug-likeness (QED) is 0.835. The van der Waals surface area contributed by atoms with Crippen LogP contribution in [0.2, 0.25) is 5.02 Å². The zero-order chi connectivity index (χ0) is 18.0. The van der Waals surface area contributed by atoms with Gasteiger partial charge in [-0.25, -0.2) is 0 Å². The Balaban J connectivity index is 1.88. The van der Waals surface area contributed by atoms with E-state index in [0.717, 1.165) is 17.7 Å². The summed E-state index contributed by atoms with van der Waals surface area (Å²) < 4.78 is 15.8. The van der Waals surface area contributed by atoms with E-state index in [-0.39, 0.29) is 5.91 Å². The van der Waals surface area contributed by atoms with Gasteiger partial charge in [0.25, 0.3) is 5.91 Å². The normalized spacial score (nSPS) is 13.2. The molecule has 132 valence electrons. The Kier molecular flexibility index (Phi) is 5.04. The molecule has 0 N–H and O–H groups in total. The van der Waals surface area contributed by atoms with Crippen molar-refractivity contribution in [3.05, 3.63) is 52.0 Å². The van der Waals surface area contributed by atoms with Gasteiger partial charge < -0.3 is 19.1 Å². The summed E-state index contributed by atoms with van der Waals surface area (Å²) in [5, 5.41) is 0.351. The minimum Gasteiger partial charge on any atom is -0.497 e. The van der Waals surface area contributed by atoms with E-state index in [2.05, 4.69) is 6.07 Å². The van der Waals surface area contributed by atoms with E-state index in [1.165, 1.54) is 19.8 Å². The van der Waals surface area contributed by atoms with Crippen molar-refractivity contribution in [1.29, 1.82) is 0 Å². The van der Waals surface area contributed by atoms with Crippen molar-refractivity contribution in [3.8, 4) is 17.2 Å². The molecule has 0 bridgehead atoms. The van der Waals surface area contributed by atoms with Crippen LogP contribution in [-0.4, -0.2) is 38.7 Å². The molecule has 0 saturated carbocycles.